The van der Waals surface area contributed by atoms with E-state index in [1.54, 1.807) is 18.2 Å². The van der Waals surface area contributed by atoms with Crippen LogP contribution in [0.25, 0.3) is 0 Å². The van der Waals surface area contributed by atoms with Gasteiger partial charge in [-0.25, -0.2) is 8.78 Å². The molecule has 0 aliphatic carbocycles. The summed E-state index contributed by atoms with van der Waals surface area (Å²) in [7, 11) is 2.90. The number of rotatable bonds is 9. The van der Waals surface area contributed by atoms with Gasteiger partial charge in [0.15, 0.2) is 11.5 Å². The molecule has 1 saturated heterocycles. The number of Topliss-reactive ketones (excluding diaryl/α,β-unsaturated/α-hetero) is 1. The van der Waals surface area contributed by atoms with Crippen molar-refractivity contribution < 1.29 is 37.4 Å². The predicted octanol–water partition coefficient (Wildman–Crippen LogP) is -0.129. The first-order valence-electron chi connectivity index (χ1n) is 8.59. The number of alkyl halides is 2. The number of methoxy groups -OCH3 is 2. The highest BCUT2D eigenvalue weighted by molar-refractivity contribution is 6.38. The first-order chi connectivity index (χ1) is 13.7. The number of ether oxygens (including phenoxy) is 2. The zero-order valence-corrected chi connectivity index (χ0v) is 15.9. The lowest BCUT2D eigenvalue weighted by molar-refractivity contribution is -0.144. The summed E-state index contributed by atoms with van der Waals surface area (Å²) in [5.41, 5.74) is 0.587. The summed E-state index contributed by atoms with van der Waals surface area (Å²) in [5.74, 6) is -5.53. The fraction of sp³-hybridized carbons (Fsp3) is 0.444. The van der Waals surface area contributed by atoms with Gasteiger partial charge in [-0.1, -0.05) is 6.07 Å². The van der Waals surface area contributed by atoms with E-state index < -0.39 is 49.1 Å². The van der Waals surface area contributed by atoms with Gasteiger partial charge in [-0.15, -0.1) is 0 Å². The molecule has 0 aromatic heterocycles. The number of hydrogen-bond acceptors (Lipinski definition) is 6. The average Bonchev–Trinajstić information content (AvgIpc) is 3.04. The second-order valence-electron chi connectivity index (χ2n) is 6.33. The molecular formula is C18H21F2N3O6. The number of ketones is 1. The van der Waals surface area contributed by atoms with E-state index in [2.05, 4.69) is 10.6 Å². The maximum Gasteiger partial charge on any atom is 0.289 e. The fourth-order valence-electron chi connectivity index (χ4n) is 2.96. The molecule has 0 spiro atoms. The van der Waals surface area contributed by atoms with Gasteiger partial charge in [0, 0.05) is 13.0 Å². The number of hydrogen-bond donors (Lipinski definition) is 2. The number of carbonyl (C=O) groups is 4. The van der Waals surface area contributed by atoms with Crippen LogP contribution in [-0.2, 0) is 25.7 Å². The van der Waals surface area contributed by atoms with Gasteiger partial charge in [0.1, 0.15) is 6.04 Å². The minimum absolute atomic E-state index is 0.0608. The number of carbonyl (C=O) groups excluding carboxylic acids is 4. The van der Waals surface area contributed by atoms with Crippen molar-refractivity contribution in [3.63, 3.8) is 0 Å². The Labute approximate surface area is 165 Å². The van der Waals surface area contributed by atoms with Crippen molar-refractivity contribution in [1.29, 1.82) is 0 Å². The van der Waals surface area contributed by atoms with E-state index in [4.69, 9.17) is 9.47 Å². The maximum absolute atomic E-state index is 13.8. The molecule has 158 valence electrons. The van der Waals surface area contributed by atoms with Crippen LogP contribution in [0.5, 0.6) is 11.5 Å². The van der Waals surface area contributed by atoms with Crippen molar-refractivity contribution in [3.05, 3.63) is 23.8 Å². The van der Waals surface area contributed by atoms with Gasteiger partial charge in [-0.3, -0.25) is 19.2 Å². The van der Waals surface area contributed by atoms with E-state index >= 15 is 0 Å². The van der Waals surface area contributed by atoms with Gasteiger partial charge in [0.25, 0.3) is 11.8 Å². The Balaban J connectivity index is 2.05. The lowest BCUT2D eigenvalue weighted by Gasteiger charge is -2.22. The van der Waals surface area contributed by atoms with Crippen molar-refractivity contribution in [2.24, 2.45) is 0 Å². The molecule has 3 amide bonds. The molecule has 2 rings (SSSR count). The van der Waals surface area contributed by atoms with Crippen LogP contribution in [0, 0.1) is 0 Å². The van der Waals surface area contributed by atoms with E-state index in [-0.39, 0.29) is 13.0 Å². The van der Waals surface area contributed by atoms with Gasteiger partial charge in [-0.05, 0) is 17.7 Å². The third-order valence-electron chi connectivity index (χ3n) is 4.35. The van der Waals surface area contributed by atoms with Crippen LogP contribution in [0.15, 0.2) is 18.2 Å². The van der Waals surface area contributed by atoms with Gasteiger partial charge in [-0.2, -0.15) is 0 Å². The van der Waals surface area contributed by atoms with E-state index in [1.807, 2.05) is 0 Å². The number of nitrogens with zero attached hydrogens (tertiary/aromatic N) is 1. The SMILES string of the molecule is COc1ccc(CNC(=O)C(=O)C2CC(F)(F)CN2C(=O)CNC=O)cc1OC. The molecule has 29 heavy (non-hydrogen) atoms. The maximum atomic E-state index is 13.8. The Kier molecular flexibility index (Phi) is 7.08. The van der Waals surface area contributed by atoms with E-state index in [1.165, 1.54) is 14.2 Å². The second kappa shape index (κ2) is 9.30. The van der Waals surface area contributed by atoms with Crippen molar-refractivity contribution >= 4 is 24.0 Å². The second-order valence-corrected chi connectivity index (χ2v) is 6.33. The minimum atomic E-state index is -3.30. The molecule has 0 bridgehead atoms. The van der Waals surface area contributed by atoms with E-state index in [0.29, 0.717) is 22.0 Å². The lowest BCUT2D eigenvalue weighted by atomic mass is 10.1. The first kappa shape index (κ1) is 22.1. The van der Waals surface area contributed by atoms with Gasteiger partial charge in [0.2, 0.25) is 18.1 Å². The highest BCUT2D eigenvalue weighted by Gasteiger charge is 2.50. The van der Waals surface area contributed by atoms with Gasteiger partial charge in [0.05, 0.1) is 27.3 Å². The smallest absolute Gasteiger partial charge is 0.289 e. The zero-order valence-electron chi connectivity index (χ0n) is 15.9. The Morgan fingerprint density at radius 3 is 2.55 bits per heavy atom. The predicted molar refractivity (Wildman–Crippen MR) is 95.5 cm³/mol. The molecule has 1 heterocycles. The summed E-state index contributed by atoms with van der Waals surface area (Å²) in [4.78, 5) is 47.5. The Hall–Kier alpha value is -3.24. The highest BCUT2D eigenvalue weighted by Crippen LogP contribution is 2.32. The molecule has 1 aliphatic rings. The summed E-state index contributed by atoms with van der Waals surface area (Å²) in [5, 5.41) is 4.41. The zero-order chi connectivity index (χ0) is 21.6. The number of nitrogens with one attached hydrogen (secondary N) is 2. The van der Waals surface area contributed by atoms with Crippen molar-refractivity contribution in [1.82, 2.24) is 15.5 Å². The quantitative estimate of drug-likeness (QED) is 0.431. The number of halogens is 2. The topological polar surface area (TPSA) is 114 Å². The van der Waals surface area contributed by atoms with Crippen molar-refractivity contribution in [2.75, 3.05) is 27.3 Å². The van der Waals surface area contributed by atoms with E-state index in [9.17, 15) is 28.0 Å². The third kappa shape index (κ3) is 5.39. The molecule has 0 radical (unpaired) electrons. The third-order valence-corrected chi connectivity index (χ3v) is 4.35. The molecule has 1 unspecified atom stereocenters. The van der Waals surface area contributed by atoms with Crippen LogP contribution in [0.4, 0.5) is 8.78 Å². The fourth-order valence-corrected chi connectivity index (χ4v) is 2.96. The van der Waals surface area contributed by atoms with Crippen LogP contribution in [-0.4, -0.2) is 68.2 Å². The standard InChI is InChI=1S/C18H21F2N3O6/c1-28-13-4-3-11(5-14(13)29-2)7-22-17(27)16(26)12-6-18(19,20)9-23(12)15(25)8-21-10-24/h3-5,10,12H,6-9H2,1-2H3,(H,21,24)(H,22,27). The number of benzene rings is 1. The Bertz CT molecular complexity index is 802. The molecule has 0 saturated carbocycles. The molecule has 1 aromatic carbocycles. The van der Waals surface area contributed by atoms with Crippen LogP contribution in [0.1, 0.15) is 12.0 Å². The van der Waals surface area contributed by atoms with Gasteiger partial charge < -0.3 is 25.0 Å². The Morgan fingerprint density at radius 2 is 1.93 bits per heavy atom. The molecule has 1 atom stereocenters. The summed E-state index contributed by atoms with van der Waals surface area (Å²) in [6.07, 6.45) is -0.721. The molecule has 9 nitrogen and oxygen atoms in total. The molecule has 1 aromatic rings. The average molecular weight is 413 g/mol. The lowest BCUT2D eigenvalue weighted by Crippen LogP contribution is -2.48. The van der Waals surface area contributed by atoms with Crippen LogP contribution in [0.3, 0.4) is 0 Å². The van der Waals surface area contributed by atoms with Gasteiger partial charge >= 0.3 is 0 Å². The number of likely N-dealkylation sites (tertiary alicyclic amines) is 1. The normalized spacial score (nSPS) is 17.4. The van der Waals surface area contributed by atoms with E-state index in [0.717, 1.165) is 0 Å². The first-order valence-corrected chi connectivity index (χ1v) is 8.59. The van der Waals surface area contributed by atoms with Crippen LogP contribution >= 0.6 is 0 Å². The van der Waals surface area contributed by atoms with Crippen molar-refractivity contribution in [3.8, 4) is 11.5 Å². The molecular weight excluding hydrogens is 392 g/mol. The summed E-state index contributed by atoms with van der Waals surface area (Å²) >= 11 is 0. The molecule has 1 aliphatic heterocycles. The number of amides is 3. The summed E-state index contributed by atoms with van der Waals surface area (Å²) < 4.78 is 37.8. The Morgan fingerprint density at radius 1 is 1.24 bits per heavy atom. The minimum Gasteiger partial charge on any atom is -0.493 e. The van der Waals surface area contributed by atoms with Crippen LogP contribution < -0.4 is 20.1 Å². The molecule has 1 fully saturated rings. The van der Waals surface area contributed by atoms with Crippen LogP contribution in [0.2, 0.25) is 0 Å². The summed E-state index contributed by atoms with van der Waals surface area (Å²) in [6, 6.07) is 3.24. The van der Waals surface area contributed by atoms with Crippen molar-refractivity contribution in [2.45, 2.75) is 24.9 Å². The monoisotopic (exact) mass is 413 g/mol. The summed E-state index contributed by atoms with van der Waals surface area (Å²) in [6.45, 7) is -1.60. The molecule has 2 N–H and O–H groups in total. The highest BCUT2D eigenvalue weighted by atomic mass is 19.3. The largest absolute Gasteiger partial charge is 0.493 e. The molecule has 11 heteroatoms.